The van der Waals surface area contributed by atoms with Gasteiger partial charge in [0.2, 0.25) is 0 Å². The minimum absolute atomic E-state index is 0.0294. The number of Topliss-reactive ketones (excluding diaryl/α,β-unsaturated/α-hetero) is 1. The maximum Gasteiger partial charge on any atom is 0.272 e. The van der Waals surface area contributed by atoms with Crippen LogP contribution in [0.4, 0.5) is 5.95 Å². The van der Waals surface area contributed by atoms with Gasteiger partial charge in [-0.25, -0.2) is 0 Å². The number of rotatable bonds is 11. The Hall–Kier alpha value is -3.39. The molecule has 0 atom stereocenters. The van der Waals surface area contributed by atoms with E-state index in [4.69, 9.17) is 0 Å². The van der Waals surface area contributed by atoms with Gasteiger partial charge in [-0.3, -0.25) is 14.5 Å². The highest BCUT2D eigenvalue weighted by Crippen LogP contribution is 2.40. The number of aromatic nitrogens is 4. The Balaban J connectivity index is 1.96. The number of nitrogens with one attached hydrogen (secondary N) is 1. The zero-order chi connectivity index (χ0) is 27.4. The first-order valence-electron chi connectivity index (χ1n) is 13.0. The van der Waals surface area contributed by atoms with Gasteiger partial charge >= 0.3 is 0 Å². The second-order valence-electron chi connectivity index (χ2n) is 9.96. The third-order valence-electron chi connectivity index (χ3n) is 8.04. The number of nitrogens with zero attached hydrogens (tertiary/aromatic N) is 4. The Morgan fingerprint density at radius 1 is 0.892 bits per heavy atom. The van der Waals surface area contributed by atoms with Gasteiger partial charge in [-0.2, -0.15) is 5.21 Å². The predicted octanol–water partition coefficient (Wildman–Crippen LogP) is 5.32. The fourth-order valence-electron chi connectivity index (χ4n) is 5.17. The van der Waals surface area contributed by atoms with Crippen LogP contribution in [-0.2, 0) is 5.41 Å². The van der Waals surface area contributed by atoms with Gasteiger partial charge in [-0.05, 0) is 73.1 Å². The van der Waals surface area contributed by atoms with Crippen LogP contribution in [0.2, 0.25) is 0 Å². The van der Waals surface area contributed by atoms with Crippen molar-refractivity contribution in [2.45, 2.75) is 84.7 Å². The summed E-state index contributed by atoms with van der Waals surface area (Å²) in [6, 6.07) is 12.0. The maximum absolute atomic E-state index is 13.1. The molecule has 0 aliphatic carbocycles. The molecule has 2 N–H and O–H groups in total. The van der Waals surface area contributed by atoms with Crippen LogP contribution in [0, 0.1) is 13.8 Å². The third-order valence-corrected chi connectivity index (χ3v) is 8.04. The SMILES string of the molecule is CCC(O)(CC)CC(=O)c1ccc(C(CC)(CC)c2ccc(C(=O)N(C)c3nn[nH]n3)c(C)c2)cc1C. The summed E-state index contributed by atoms with van der Waals surface area (Å²) in [6.07, 6.45) is 2.93. The number of aliphatic hydroxyl groups is 1. The zero-order valence-corrected chi connectivity index (χ0v) is 23.1. The minimum Gasteiger partial charge on any atom is -0.389 e. The fraction of sp³-hybridized carbons (Fsp3) is 0.483. The molecular weight excluding hydrogens is 466 g/mol. The first kappa shape index (κ1) is 28.2. The van der Waals surface area contributed by atoms with Crippen LogP contribution >= 0.6 is 0 Å². The van der Waals surface area contributed by atoms with Gasteiger partial charge < -0.3 is 5.11 Å². The lowest BCUT2D eigenvalue weighted by atomic mass is 9.69. The van der Waals surface area contributed by atoms with E-state index in [0.717, 1.165) is 35.1 Å². The molecule has 0 bridgehead atoms. The van der Waals surface area contributed by atoms with Crippen molar-refractivity contribution in [2.24, 2.45) is 0 Å². The number of hydrogen-bond donors (Lipinski definition) is 2. The number of aryl methyl sites for hydroxylation is 2. The number of anilines is 1. The van der Waals surface area contributed by atoms with Gasteiger partial charge in [0, 0.05) is 30.0 Å². The van der Waals surface area contributed by atoms with Gasteiger partial charge in [-0.1, -0.05) is 63.1 Å². The van der Waals surface area contributed by atoms with Crippen molar-refractivity contribution >= 4 is 17.6 Å². The van der Waals surface area contributed by atoms with Crippen LogP contribution < -0.4 is 4.90 Å². The molecule has 3 rings (SSSR count). The molecule has 2 aromatic carbocycles. The molecule has 1 amide bonds. The van der Waals surface area contributed by atoms with Crippen LogP contribution in [0.3, 0.4) is 0 Å². The molecule has 0 unspecified atom stereocenters. The van der Waals surface area contributed by atoms with Gasteiger partial charge in [0.25, 0.3) is 11.9 Å². The fourth-order valence-corrected chi connectivity index (χ4v) is 5.17. The smallest absolute Gasteiger partial charge is 0.272 e. The molecule has 8 heteroatoms. The second-order valence-corrected chi connectivity index (χ2v) is 9.96. The van der Waals surface area contributed by atoms with Crippen LogP contribution in [0.25, 0.3) is 0 Å². The van der Waals surface area contributed by atoms with Gasteiger partial charge in [0.15, 0.2) is 5.78 Å². The monoisotopic (exact) mass is 505 g/mol. The summed E-state index contributed by atoms with van der Waals surface area (Å²) in [6.45, 7) is 12.1. The van der Waals surface area contributed by atoms with E-state index in [1.807, 2.05) is 52.0 Å². The van der Waals surface area contributed by atoms with Crippen molar-refractivity contribution in [2.75, 3.05) is 11.9 Å². The van der Waals surface area contributed by atoms with E-state index in [-0.39, 0.29) is 29.5 Å². The zero-order valence-electron chi connectivity index (χ0n) is 23.1. The van der Waals surface area contributed by atoms with Gasteiger partial charge in [-0.15, -0.1) is 5.10 Å². The highest BCUT2D eigenvalue weighted by Gasteiger charge is 2.33. The summed E-state index contributed by atoms with van der Waals surface area (Å²) in [5.41, 5.74) is 4.04. The molecule has 37 heavy (non-hydrogen) atoms. The second kappa shape index (κ2) is 11.3. The Labute approximate surface area is 219 Å². The molecule has 0 aliphatic heterocycles. The molecule has 0 aliphatic rings. The topological polar surface area (TPSA) is 112 Å². The third kappa shape index (κ3) is 5.49. The molecule has 198 valence electrons. The van der Waals surface area contributed by atoms with E-state index >= 15 is 0 Å². The quantitative estimate of drug-likeness (QED) is 0.341. The predicted molar refractivity (Wildman–Crippen MR) is 145 cm³/mol. The molecule has 0 saturated carbocycles. The summed E-state index contributed by atoms with van der Waals surface area (Å²) < 4.78 is 0. The van der Waals surface area contributed by atoms with E-state index in [9.17, 15) is 14.7 Å². The summed E-state index contributed by atoms with van der Waals surface area (Å²) >= 11 is 0. The summed E-state index contributed by atoms with van der Waals surface area (Å²) in [7, 11) is 1.62. The first-order chi connectivity index (χ1) is 17.6. The molecule has 0 saturated heterocycles. The highest BCUT2D eigenvalue weighted by atomic mass is 16.3. The maximum atomic E-state index is 13.1. The van der Waals surface area contributed by atoms with Crippen LogP contribution in [0.15, 0.2) is 36.4 Å². The Bertz CT molecular complexity index is 1240. The number of carbonyl (C=O) groups is 2. The Kier molecular flexibility index (Phi) is 8.64. The number of carbonyl (C=O) groups excluding carboxylic acids is 2. The van der Waals surface area contributed by atoms with Crippen molar-refractivity contribution in [3.8, 4) is 0 Å². The van der Waals surface area contributed by atoms with E-state index < -0.39 is 5.60 Å². The normalized spacial score (nSPS) is 12.0. The Morgan fingerprint density at radius 2 is 1.43 bits per heavy atom. The molecule has 3 aromatic rings. The lowest BCUT2D eigenvalue weighted by Gasteiger charge is -2.34. The minimum atomic E-state index is -0.965. The van der Waals surface area contributed by atoms with Gasteiger partial charge in [0.1, 0.15) is 0 Å². The average molecular weight is 506 g/mol. The average Bonchev–Trinajstić information content (AvgIpc) is 3.44. The number of hydrogen-bond acceptors (Lipinski definition) is 6. The largest absolute Gasteiger partial charge is 0.389 e. The van der Waals surface area contributed by atoms with Crippen LogP contribution in [-0.4, -0.2) is 50.1 Å². The molecule has 0 spiro atoms. The Morgan fingerprint density at radius 3 is 1.86 bits per heavy atom. The lowest BCUT2D eigenvalue weighted by Crippen LogP contribution is -2.30. The number of benzene rings is 2. The van der Waals surface area contributed by atoms with E-state index in [2.05, 4.69) is 46.6 Å². The molecular formula is C29H39N5O3. The standard InChI is InChI=1S/C29H39N5O3/c1-8-28(37,9-2)18-25(35)23-14-12-21(16-19(23)5)29(10-3,11-4)22-13-15-24(20(6)17-22)26(36)34(7)27-30-32-33-31-27/h12-17,37H,8-11,18H2,1-7H3,(H,30,31,32,33). The lowest BCUT2D eigenvalue weighted by molar-refractivity contribution is 0.0243. The summed E-state index contributed by atoms with van der Waals surface area (Å²) in [4.78, 5) is 27.5. The molecule has 1 heterocycles. The molecule has 0 fully saturated rings. The van der Waals surface area contributed by atoms with E-state index in [1.165, 1.54) is 4.90 Å². The highest BCUT2D eigenvalue weighted by molar-refractivity contribution is 6.05. The van der Waals surface area contributed by atoms with Crippen molar-refractivity contribution in [1.82, 2.24) is 20.6 Å². The first-order valence-corrected chi connectivity index (χ1v) is 13.0. The van der Waals surface area contributed by atoms with Crippen molar-refractivity contribution in [1.29, 1.82) is 0 Å². The van der Waals surface area contributed by atoms with Crippen molar-refractivity contribution in [3.63, 3.8) is 0 Å². The van der Waals surface area contributed by atoms with Crippen molar-refractivity contribution < 1.29 is 14.7 Å². The summed E-state index contributed by atoms with van der Waals surface area (Å²) in [5, 5.41) is 24.4. The van der Waals surface area contributed by atoms with Gasteiger partial charge in [0.05, 0.1) is 5.60 Å². The van der Waals surface area contributed by atoms with Crippen molar-refractivity contribution in [3.05, 3.63) is 69.8 Å². The van der Waals surface area contributed by atoms with Crippen LogP contribution in [0.5, 0.6) is 0 Å². The molecule has 1 aromatic heterocycles. The molecule has 8 nitrogen and oxygen atoms in total. The molecule has 0 radical (unpaired) electrons. The summed E-state index contributed by atoms with van der Waals surface area (Å²) in [5.74, 6) is -0.0217. The number of amides is 1. The number of ketones is 1. The van der Waals surface area contributed by atoms with E-state index in [0.29, 0.717) is 24.0 Å². The number of H-pyrrole nitrogens is 1. The van der Waals surface area contributed by atoms with E-state index in [1.54, 1.807) is 7.05 Å². The number of aromatic amines is 1. The van der Waals surface area contributed by atoms with Crippen LogP contribution in [0.1, 0.15) is 103 Å². The number of tetrazole rings is 1.